The number of phenols is 1. The van der Waals surface area contributed by atoms with Gasteiger partial charge in [-0.05, 0) is 56.1 Å². The van der Waals surface area contributed by atoms with Gasteiger partial charge in [0, 0.05) is 30.9 Å². The molecular weight excluding hydrogens is 582 g/mol. The predicted molar refractivity (Wildman–Crippen MR) is 164 cm³/mol. The zero-order valence-electron chi connectivity index (χ0n) is 25.9. The number of aliphatic hydroxyl groups is 1. The molecule has 0 aliphatic heterocycles. The summed E-state index contributed by atoms with van der Waals surface area (Å²) in [5.74, 6) is -9.76. The van der Waals surface area contributed by atoms with Crippen LogP contribution in [0.3, 0.4) is 0 Å². The molecule has 238 valence electrons. The summed E-state index contributed by atoms with van der Waals surface area (Å²) < 4.78 is 0. The van der Waals surface area contributed by atoms with Crippen LogP contribution in [-0.2, 0) is 25.6 Å². The fourth-order valence-electron chi connectivity index (χ4n) is 8.07. The highest BCUT2D eigenvalue weighted by Gasteiger charge is 2.76. The summed E-state index contributed by atoms with van der Waals surface area (Å²) in [7, 11) is 6.51. The van der Waals surface area contributed by atoms with E-state index in [0.717, 1.165) is 0 Å². The van der Waals surface area contributed by atoms with Gasteiger partial charge in [0.2, 0.25) is 5.91 Å². The van der Waals surface area contributed by atoms with Crippen LogP contribution in [-0.4, -0.2) is 90.0 Å². The average Bonchev–Trinajstić information content (AvgIpc) is 2.92. The fourth-order valence-corrected chi connectivity index (χ4v) is 8.07. The topological polar surface area (TPSA) is 199 Å². The molecule has 13 heteroatoms. The van der Waals surface area contributed by atoms with Gasteiger partial charge in [-0.3, -0.25) is 28.9 Å². The number of rotatable bonds is 5. The van der Waals surface area contributed by atoms with Gasteiger partial charge in [0.25, 0.3) is 0 Å². The zero-order chi connectivity index (χ0) is 33.4. The third-order valence-electron chi connectivity index (χ3n) is 9.73. The van der Waals surface area contributed by atoms with E-state index < -0.39 is 75.1 Å². The number of ketones is 4. The number of carbonyl (C=O) groups excluding carboxylic acids is 6. The molecule has 0 radical (unpaired) electrons. The lowest BCUT2D eigenvalue weighted by molar-refractivity contribution is -0.203. The Morgan fingerprint density at radius 2 is 1.60 bits per heavy atom. The van der Waals surface area contributed by atoms with Crippen LogP contribution in [0.5, 0.6) is 5.75 Å². The lowest BCUT2D eigenvalue weighted by atomic mass is 9.42. The van der Waals surface area contributed by atoms with E-state index >= 15 is 0 Å². The maximum Gasteiger partial charge on any atom is 0.323 e. The number of primary amides is 1. The van der Waals surface area contributed by atoms with Crippen molar-refractivity contribution in [3.63, 3.8) is 0 Å². The van der Waals surface area contributed by atoms with Crippen molar-refractivity contribution in [2.24, 2.45) is 28.4 Å². The highest BCUT2D eigenvalue weighted by molar-refractivity contribution is 6.33. The Morgan fingerprint density at radius 3 is 2.16 bits per heavy atom. The minimum Gasteiger partial charge on any atom is -0.505 e. The molecule has 3 aliphatic rings. The highest BCUT2D eigenvalue weighted by atomic mass is 16.3. The summed E-state index contributed by atoms with van der Waals surface area (Å²) in [6, 6.07) is 8.13. The summed E-state index contributed by atoms with van der Waals surface area (Å²) in [6.45, 7) is 3.13. The van der Waals surface area contributed by atoms with Gasteiger partial charge in [0.05, 0.1) is 23.2 Å². The minimum absolute atomic E-state index is 0.0511. The molecule has 13 nitrogen and oxygen atoms in total. The van der Waals surface area contributed by atoms with E-state index in [0.29, 0.717) is 16.9 Å². The normalized spacial score (nSPS) is 30.7. The van der Waals surface area contributed by atoms with Crippen molar-refractivity contribution in [3.8, 4) is 5.75 Å². The quantitative estimate of drug-likeness (QED) is 0.240. The Balaban J connectivity index is 1.65. The van der Waals surface area contributed by atoms with Crippen LogP contribution in [0.15, 0.2) is 36.4 Å². The monoisotopic (exact) mass is 619 g/mol. The van der Waals surface area contributed by atoms with E-state index in [9.17, 15) is 39.0 Å². The van der Waals surface area contributed by atoms with Crippen molar-refractivity contribution in [2.75, 3.05) is 43.7 Å². The standard InChI is InChI=1S/C32H37N5O8/c1-30-13-16-18(36(3)4)12-17(35-29(44)34-15-10-8-7-9-11-15)22(38)19(16)23(39)21(30)27(42)32(45)26(41)20(28(33)43)24(40)25(37(5)6)31(32,2)14-30/h7-12,20-21,25,38,45H,13-14H2,1-6H3,(H2,33,43)(H2,34,35,44)/t20?,21?,25-,30+,31+,32-/m1/s1. The first kappa shape index (κ1) is 31.8. The van der Waals surface area contributed by atoms with Crippen molar-refractivity contribution < 1.29 is 39.0 Å². The van der Waals surface area contributed by atoms with E-state index in [1.54, 1.807) is 56.3 Å². The molecule has 6 atom stereocenters. The van der Waals surface area contributed by atoms with Crippen LogP contribution in [0.25, 0.3) is 0 Å². The molecule has 2 saturated carbocycles. The van der Waals surface area contributed by atoms with E-state index in [-0.39, 0.29) is 24.1 Å². The van der Waals surface area contributed by atoms with Crippen LogP contribution < -0.4 is 21.3 Å². The molecule has 0 heterocycles. The fraction of sp³-hybridized carbons (Fsp3) is 0.438. The lowest BCUT2D eigenvalue weighted by Gasteiger charge is -2.61. The Labute approximate surface area is 259 Å². The molecule has 5 rings (SSSR count). The van der Waals surface area contributed by atoms with Gasteiger partial charge < -0.3 is 31.5 Å². The van der Waals surface area contributed by atoms with E-state index in [4.69, 9.17) is 5.73 Å². The number of anilines is 3. The summed E-state index contributed by atoms with van der Waals surface area (Å²) in [4.78, 5) is 84.5. The third kappa shape index (κ3) is 4.44. The number of hydrogen-bond acceptors (Lipinski definition) is 10. The largest absolute Gasteiger partial charge is 0.505 e. The second-order valence-corrected chi connectivity index (χ2v) is 13.3. The third-order valence-corrected chi connectivity index (χ3v) is 9.73. The van der Waals surface area contributed by atoms with Crippen molar-refractivity contribution in [3.05, 3.63) is 47.5 Å². The minimum atomic E-state index is -2.90. The molecule has 0 spiro atoms. The molecule has 45 heavy (non-hydrogen) atoms. The molecule has 0 aromatic heterocycles. The first-order valence-corrected chi connectivity index (χ1v) is 14.4. The first-order chi connectivity index (χ1) is 20.9. The number of urea groups is 1. The van der Waals surface area contributed by atoms with Gasteiger partial charge in [-0.2, -0.15) is 0 Å². The Hall–Kier alpha value is -4.62. The molecule has 2 aromatic rings. The van der Waals surface area contributed by atoms with Crippen LogP contribution in [0.4, 0.5) is 21.9 Å². The molecule has 0 saturated heterocycles. The number of Topliss-reactive ketones (excluding diaryl/α,β-unsaturated/α-hetero) is 4. The maximum absolute atomic E-state index is 14.5. The Bertz CT molecular complexity index is 1670. The van der Waals surface area contributed by atoms with Crippen molar-refractivity contribution in [1.29, 1.82) is 0 Å². The van der Waals surface area contributed by atoms with Crippen molar-refractivity contribution in [2.45, 2.75) is 38.3 Å². The number of hydrogen-bond donors (Lipinski definition) is 5. The number of aromatic hydroxyl groups is 1. The number of amides is 3. The lowest BCUT2D eigenvalue weighted by Crippen LogP contribution is -2.79. The summed E-state index contributed by atoms with van der Waals surface area (Å²) in [6.07, 6.45) is -0.0769. The number of para-hydroxylation sites is 1. The van der Waals surface area contributed by atoms with Crippen LogP contribution in [0, 0.1) is 22.7 Å². The average molecular weight is 620 g/mol. The van der Waals surface area contributed by atoms with E-state index in [1.165, 1.54) is 32.0 Å². The first-order valence-electron chi connectivity index (χ1n) is 14.4. The summed E-state index contributed by atoms with van der Waals surface area (Å²) >= 11 is 0. The number of benzene rings is 2. The van der Waals surface area contributed by atoms with Crippen LogP contribution >= 0.6 is 0 Å². The van der Waals surface area contributed by atoms with E-state index in [2.05, 4.69) is 10.6 Å². The number of nitrogens with one attached hydrogen (secondary N) is 2. The molecule has 3 aliphatic carbocycles. The highest BCUT2D eigenvalue weighted by Crippen LogP contribution is 2.62. The number of fused-ring (bicyclic) bond motifs is 3. The second-order valence-electron chi connectivity index (χ2n) is 13.3. The molecule has 2 fully saturated rings. The molecule has 2 aromatic carbocycles. The maximum atomic E-state index is 14.5. The van der Waals surface area contributed by atoms with Gasteiger partial charge in [0.15, 0.2) is 34.7 Å². The number of nitrogens with two attached hydrogens (primary N) is 1. The van der Waals surface area contributed by atoms with Gasteiger partial charge in [-0.1, -0.05) is 32.0 Å². The Kier molecular flexibility index (Phi) is 7.41. The smallest absolute Gasteiger partial charge is 0.323 e. The molecule has 3 amide bonds. The van der Waals surface area contributed by atoms with Crippen molar-refractivity contribution in [1.82, 2.24) is 4.90 Å². The molecule has 2 unspecified atom stereocenters. The molecular formula is C32H37N5O8. The molecule has 0 bridgehead atoms. The predicted octanol–water partition coefficient (Wildman–Crippen LogP) is 1.36. The number of phenolic OH excluding ortho intramolecular Hbond substituents is 1. The van der Waals surface area contributed by atoms with Crippen LogP contribution in [0.2, 0.25) is 0 Å². The van der Waals surface area contributed by atoms with Gasteiger partial charge in [-0.25, -0.2) is 4.79 Å². The number of likely N-dealkylation sites (N-methyl/N-ethyl adjacent to an activating group) is 1. The molecule has 6 N–H and O–H groups in total. The SMILES string of the molecule is CN(C)c1cc(NC(=O)Nc2ccccc2)c(O)c2c1C[C@@]1(C)C[C@@]3(C)[C@H](N(C)C)C(=O)C(C(N)=O)C(=O)[C@@]3(O)C(=O)C1C2=O. The van der Waals surface area contributed by atoms with Gasteiger partial charge in [-0.15, -0.1) is 0 Å². The Morgan fingerprint density at radius 1 is 0.978 bits per heavy atom. The van der Waals surface area contributed by atoms with Gasteiger partial charge in [0.1, 0.15) is 5.75 Å². The summed E-state index contributed by atoms with van der Waals surface area (Å²) in [5.41, 5.74) is 0.628. The zero-order valence-corrected chi connectivity index (χ0v) is 25.9. The number of nitrogens with zero attached hydrogens (tertiary/aromatic N) is 2. The van der Waals surface area contributed by atoms with Gasteiger partial charge >= 0.3 is 6.03 Å². The van der Waals surface area contributed by atoms with Crippen molar-refractivity contribution >= 4 is 52.1 Å². The van der Waals surface area contributed by atoms with E-state index in [1.807, 2.05) is 0 Å². The summed E-state index contributed by atoms with van der Waals surface area (Å²) in [5, 5.41) is 28.7. The number of carbonyl (C=O) groups is 6. The van der Waals surface area contributed by atoms with Crippen LogP contribution in [0.1, 0.15) is 36.2 Å². The second kappa shape index (κ2) is 10.5.